The van der Waals surface area contributed by atoms with Gasteiger partial charge in [-0.3, -0.25) is 4.79 Å². The van der Waals surface area contributed by atoms with Gasteiger partial charge in [-0.2, -0.15) is 0 Å². The zero-order valence-electron chi connectivity index (χ0n) is 22.9. The highest BCUT2D eigenvalue weighted by atomic mass is 32.2. The Bertz CT molecular complexity index is 1490. The Labute approximate surface area is 240 Å². The number of carbonyl (C=O) groups excluding carboxylic acids is 1. The number of aliphatic imine (C=N–C) groups is 1. The van der Waals surface area contributed by atoms with Gasteiger partial charge in [-0.25, -0.2) is 13.4 Å². The number of methoxy groups -OCH3 is 1. The van der Waals surface area contributed by atoms with Crippen LogP contribution in [0.15, 0.2) is 88.8 Å². The highest BCUT2D eigenvalue weighted by Crippen LogP contribution is 2.44. The van der Waals surface area contributed by atoms with Crippen molar-refractivity contribution in [3.8, 4) is 11.5 Å². The van der Waals surface area contributed by atoms with Gasteiger partial charge in [0, 0.05) is 31.1 Å². The molecule has 2 aliphatic rings. The largest absolute Gasteiger partial charge is 0.497 e. The van der Waals surface area contributed by atoms with Crippen molar-refractivity contribution in [3.63, 3.8) is 0 Å². The lowest BCUT2D eigenvalue weighted by Gasteiger charge is -2.30. The van der Waals surface area contributed by atoms with E-state index in [2.05, 4.69) is 5.32 Å². The van der Waals surface area contributed by atoms with Gasteiger partial charge in [0.1, 0.15) is 11.5 Å². The second-order valence-electron chi connectivity index (χ2n) is 10.2. The van der Waals surface area contributed by atoms with Gasteiger partial charge in [-0.15, -0.1) is 0 Å². The molecule has 41 heavy (non-hydrogen) atoms. The van der Waals surface area contributed by atoms with E-state index in [1.165, 1.54) is 0 Å². The molecule has 1 fully saturated rings. The Kier molecular flexibility index (Phi) is 8.60. The number of nitrogens with one attached hydrogen (secondary N) is 1. The summed E-state index contributed by atoms with van der Waals surface area (Å²) in [6, 6.07) is 22.6. The summed E-state index contributed by atoms with van der Waals surface area (Å²) >= 11 is 0. The van der Waals surface area contributed by atoms with E-state index in [4.69, 9.17) is 24.3 Å². The van der Waals surface area contributed by atoms with Gasteiger partial charge in [0.2, 0.25) is 5.90 Å². The smallest absolute Gasteiger partial charge is 0.252 e. The Morgan fingerprint density at radius 1 is 1.05 bits per heavy atom. The fraction of sp³-hybridized carbons (Fsp3) is 0.355. The van der Waals surface area contributed by atoms with Crippen molar-refractivity contribution in [1.29, 1.82) is 0 Å². The van der Waals surface area contributed by atoms with Crippen LogP contribution in [-0.2, 0) is 19.4 Å². The summed E-state index contributed by atoms with van der Waals surface area (Å²) in [5.74, 6) is 0.778. The van der Waals surface area contributed by atoms with Crippen LogP contribution in [0.2, 0.25) is 0 Å². The average molecular weight is 579 g/mol. The number of benzene rings is 3. The molecule has 0 unspecified atom stereocenters. The highest BCUT2D eigenvalue weighted by molar-refractivity contribution is 7.91. The van der Waals surface area contributed by atoms with Gasteiger partial charge in [0.05, 0.1) is 24.4 Å². The summed E-state index contributed by atoms with van der Waals surface area (Å²) in [6.45, 7) is 0.422. The number of ether oxygens (including phenoxy) is 3. The molecule has 1 aliphatic heterocycles. The molecule has 1 amide bonds. The molecule has 216 valence electrons. The lowest BCUT2D eigenvalue weighted by Crippen LogP contribution is -2.50. The Balaban J connectivity index is 1.54. The van der Waals surface area contributed by atoms with E-state index >= 15 is 0 Å². The first-order chi connectivity index (χ1) is 19.8. The Morgan fingerprint density at radius 2 is 1.80 bits per heavy atom. The molecule has 5 rings (SSSR count). The van der Waals surface area contributed by atoms with Crippen LogP contribution in [0.4, 0.5) is 0 Å². The number of hydrogen-bond donors (Lipinski definition) is 2. The standard InChI is InChI=1S/C31H34N2O7S/c1-38-26-8-5-7-23(21-26)28-31(30(35)32-24-13-14-24,17-20-41(36,37)27-9-3-2-4-10-27)33-29(40-28)22-11-15-25(16-12-22)39-19-6-18-34/h2-5,7-12,15-16,21,24,28,34H,6,13-14,17-20H2,1H3,(H,32,35)/t28-,31-/m1/s1. The first-order valence-electron chi connectivity index (χ1n) is 13.7. The normalized spacial score (nSPS) is 20.1. The third-order valence-corrected chi connectivity index (χ3v) is 8.93. The molecule has 1 saturated carbocycles. The summed E-state index contributed by atoms with van der Waals surface area (Å²) in [5.41, 5.74) is -0.267. The number of aliphatic hydroxyl groups is 1. The van der Waals surface area contributed by atoms with E-state index in [-0.39, 0.29) is 41.5 Å². The third kappa shape index (κ3) is 6.55. The van der Waals surface area contributed by atoms with Crippen molar-refractivity contribution >= 4 is 21.6 Å². The van der Waals surface area contributed by atoms with Crippen molar-refractivity contribution in [1.82, 2.24) is 5.32 Å². The maximum atomic E-state index is 14.0. The van der Waals surface area contributed by atoms with E-state index in [1.807, 2.05) is 6.07 Å². The average Bonchev–Trinajstić information content (AvgIpc) is 3.73. The van der Waals surface area contributed by atoms with Crippen LogP contribution in [0, 0.1) is 0 Å². The number of rotatable bonds is 13. The van der Waals surface area contributed by atoms with Crippen LogP contribution < -0.4 is 14.8 Å². The molecular formula is C31H34N2O7S. The second kappa shape index (κ2) is 12.3. The first kappa shape index (κ1) is 28.6. The third-order valence-electron chi connectivity index (χ3n) is 7.19. The predicted molar refractivity (Wildman–Crippen MR) is 154 cm³/mol. The molecule has 2 atom stereocenters. The number of carbonyl (C=O) groups is 1. The maximum absolute atomic E-state index is 14.0. The SMILES string of the molecule is COc1cccc([C@H]2OC(c3ccc(OCCCO)cc3)=N[C@@]2(CCS(=O)(=O)c2ccccc2)C(=O)NC2CC2)c1. The molecular weight excluding hydrogens is 544 g/mol. The lowest BCUT2D eigenvalue weighted by molar-refractivity contribution is -0.129. The first-order valence-corrected chi connectivity index (χ1v) is 15.3. The summed E-state index contributed by atoms with van der Waals surface area (Å²) in [6.07, 6.45) is 1.27. The second-order valence-corrected chi connectivity index (χ2v) is 12.3. The minimum atomic E-state index is -3.71. The minimum Gasteiger partial charge on any atom is -0.497 e. The molecule has 10 heteroatoms. The predicted octanol–water partition coefficient (Wildman–Crippen LogP) is 3.86. The van der Waals surface area contributed by atoms with Crippen LogP contribution in [-0.4, -0.2) is 63.0 Å². The van der Waals surface area contributed by atoms with Gasteiger partial charge < -0.3 is 24.6 Å². The summed E-state index contributed by atoms with van der Waals surface area (Å²) in [7, 11) is -2.16. The topological polar surface area (TPSA) is 124 Å². The van der Waals surface area contributed by atoms with Crippen LogP contribution >= 0.6 is 0 Å². The number of aliphatic hydroxyl groups excluding tert-OH is 1. The van der Waals surface area contributed by atoms with Gasteiger partial charge in [0.15, 0.2) is 21.5 Å². The quantitative estimate of drug-likeness (QED) is 0.295. The number of sulfone groups is 1. The monoisotopic (exact) mass is 578 g/mol. The molecule has 3 aromatic carbocycles. The van der Waals surface area contributed by atoms with E-state index in [0.717, 1.165) is 12.8 Å². The summed E-state index contributed by atoms with van der Waals surface area (Å²) in [5, 5.41) is 12.1. The van der Waals surface area contributed by atoms with Crippen molar-refractivity contribution in [3.05, 3.63) is 90.0 Å². The zero-order chi connectivity index (χ0) is 28.9. The van der Waals surface area contributed by atoms with Crippen LogP contribution in [0.25, 0.3) is 0 Å². The van der Waals surface area contributed by atoms with Gasteiger partial charge in [-0.05, 0) is 66.9 Å². The molecule has 1 aliphatic carbocycles. The molecule has 0 saturated heterocycles. The van der Waals surface area contributed by atoms with Crippen LogP contribution in [0.3, 0.4) is 0 Å². The fourth-order valence-corrected chi connectivity index (χ4v) is 6.14. The van der Waals surface area contributed by atoms with E-state index in [1.54, 1.807) is 79.9 Å². The van der Waals surface area contributed by atoms with Crippen molar-refractivity contribution < 1.29 is 32.5 Å². The number of hydrogen-bond acceptors (Lipinski definition) is 8. The Hall–Kier alpha value is -3.89. The molecule has 1 heterocycles. The molecule has 9 nitrogen and oxygen atoms in total. The molecule has 0 aromatic heterocycles. The molecule has 2 N–H and O–H groups in total. The van der Waals surface area contributed by atoms with Crippen LogP contribution in [0.1, 0.15) is 42.9 Å². The molecule has 3 aromatic rings. The lowest BCUT2D eigenvalue weighted by atomic mass is 9.85. The summed E-state index contributed by atoms with van der Waals surface area (Å²) in [4.78, 5) is 19.1. The maximum Gasteiger partial charge on any atom is 0.252 e. The molecule has 0 spiro atoms. The molecule has 0 radical (unpaired) electrons. The number of amides is 1. The molecule has 0 bridgehead atoms. The van der Waals surface area contributed by atoms with E-state index < -0.39 is 21.5 Å². The highest BCUT2D eigenvalue weighted by Gasteiger charge is 2.54. The minimum absolute atomic E-state index is 0.0330. The van der Waals surface area contributed by atoms with E-state index in [9.17, 15) is 13.2 Å². The summed E-state index contributed by atoms with van der Waals surface area (Å²) < 4.78 is 44.2. The van der Waals surface area contributed by atoms with Crippen molar-refractivity contribution in [2.45, 2.75) is 48.3 Å². The van der Waals surface area contributed by atoms with Gasteiger partial charge in [0.25, 0.3) is 5.91 Å². The van der Waals surface area contributed by atoms with Gasteiger partial charge in [-0.1, -0.05) is 30.3 Å². The van der Waals surface area contributed by atoms with Gasteiger partial charge >= 0.3 is 0 Å². The van der Waals surface area contributed by atoms with Crippen molar-refractivity contribution in [2.24, 2.45) is 4.99 Å². The Morgan fingerprint density at radius 3 is 2.49 bits per heavy atom. The van der Waals surface area contributed by atoms with Crippen molar-refractivity contribution in [2.75, 3.05) is 26.1 Å². The zero-order valence-corrected chi connectivity index (χ0v) is 23.7. The van der Waals surface area contributed by atoms with E-state index in [0.29, 0.717) is 35.7 Å². The number of nitrogens with zero attached hydrogens (tertiary/aromatic N) is 1. The fourth-order valence-electron chi connectivity index (χ4n) is 4.75. The van der Waals surface area contributed by atoms with Crippen LogP contribution in [0.5, 0.6) is 11.5 Å².